The predicted molar refractivity (Wildman–Crippen MR) is 218 cm³/mol. The zero-order chi connectivity index (χ0) is 35.6. The van der Waals surface area contributed by atoms with Crippen LogP contribution in [0.3, 0.4) is 0 Å². The Hall–Kier alpha value is -4.61. The fourth-order valence-corrected chi connectivity index (χ4v) is 10.2. The van der Waals surface area contributed by atoms with E-state index < -0.39 is 0 Å². The lowest BCUT2D eigenvalue weighted by atomic mass is 9.62. The minimum absolute atomic E-state index is 0.0487. The third kappa shape index (κ3) is 5.97. The first-order valence-electron chi connectivity index (χ1n) is 19.2. The molecule has 2 fully saturated rings. The van der Waals surface area contributed by atoms with Crippen LogP contribution >= 0.6 is 11.3 Å². The van der Waals surface area contributed by atoms with E-state index in [1.54, 1.807) is 11.3 Å². The molecule has 0 saturated heterocycles. The molecule has 0 radical (unpaired) electrons. The second kappa shape index (κ2) is 12.8. The number of fused-ring (bicyclic) bond motifs is 5. The number of hydrogen-bond donors (Lipinski definition) is 1. The van der Waals surface area contributed by atoms with Crippen molar-refractivity contribution in [3.63, 3.8) is 0 Å². The van der Waals surface area contributed by atoms with Gasteiger partial charge in [-0.25, -0.2) is 4.98 Å². The van der Waals surface area contributed by atoms with Gasteiger partial charge in [-0.05, 0) is 127 Å². The summed E-state index contributed by atoms with van der Waals surface area (Å²) in [5, 5.41) is 15.2. The largest absolute Gasteiger partial charge is 0.507 e. The molecule has 4 aromatic carbocycles. The predicted octanol–water partition coefficient (Wildman–Crippen LogP) is 13.3. The van der Waals surface area contributed by atoms with Gasteiger partial charge in [-0.3, -0.25) is 9.97 Å². The SMILES string of the molecule is Cc1nc2ccc(-c3cc(-c4ccc(C5CCC6(CCCCC6)CC5)cc4)ccn3)cc2c2c1ccc1sc(-c3ccc(C(C)(C)C)cc3O)nc12. The minimum atomic E-state index is -0.0487. The summed E-state index contributed by atoms with van der Waals surface area (Å²) in [6.45, 7) is 8.55. The second-order valence-corrected chi connectivity index (χ2v) is 17.7. The first kappa shape index (κ1) is 33.2. The van der Waals surface area contributed by atoms with Crippen LogP contribution in [0.15, 0.2) is 91.1 Å². The van der Waals surface area contributed by atoms with Crippen LogP contribution in [0, 0.1) is 12.3 Å². The van der Waals surface area contributed by atoms with Crippen LogP contribution in [0.5, 0.6) is 5.75 Å². The molecule has 2 aliphatic rings. The number of phenols is 1. The van der Waals surface area contributed by atoms with Crippen LogP contribution in [0.25, 0.3) is 64.8 Å². The van der Waals surface area contributed by atoms with Crippen molar-refractivity contribution in [2.45, 2.75) is 96.8 Å². The fraction of sp³-hybridized carbons (Fsp3) is 0.340. The van der Waals surface area contributed by atoms with Crippen LogP contribution < -0.4 is 0 Å². The van der Waals surface area contributed by atoms with E-state index >= 15 is 0 Å². The topological polar surface area (TPSA) is 58.9 Å². The van der Waals surface area contributed by atoms with E-state index in [2.05, 4.69) is 100 Å². The molecule has 0 aliphatic heterocycles. The summed E-state index contributed by atoms with van der Waals surface area (Å²) in [6.07, 6.45) is 14.7. The molecule has 52 heavy (non-hydrogen) atoms. The third-order valence-electron chi connectivity index (χ3n) is 12.3. The zero-order valence-corrected chi connectivity index (χ0v) is 31.6. The third-order valence-corrected chi connectivity index (χ3v) is 13.4. The summed E-state index contributed by atoms with van der Waals surface area (Å²) in [6, 6.07) is 30.5. The molecule has 5 heteroatoms. The molecule has 1 N–H and O–H groups in total. The molecule has 2 saturated carbocycles. The molecule has 2 aliphatic carbocycles. The lowest BCUT2D eigenvalue weighted by molar-refractivity contribution is 0.114. The van der Waals surface area contributed by atoms with Crippen molar-refractivity contribution in [1.82, 2.24) is 15.0 Å². The fourth-order valence-electron chi connectivity index (χ4n) is 9.18. The summed E-state index contributed by atoms with van der Waals surface area (Å²) < 4.78 is 1.09. The molecule has 4 nitrogen and oxygen atoms in total. The summed E-state index contributed by atoms with van der Waals surface area (Å²) >= 11 is 1.62. The summed E-state index contributed by atoms with van der Waals surface area (Å²) in [7, 11) is 0. The van der Waals surface area contributed by atoms with E-state index in [0.717, 1.165) is 65.0 Å². The van der Waals surface area contributed by atoms with Gasteiger partial charge in [-0.15, -0.1) is 11.3 Å². The maximum Gasteiger partial charge on any atom is 0.128 e. The number of benzene rings is 4. The van der Waals surface area contributed by atoms with Crippen molar-refractivity contribution in [2.75, 3.05) is 0 Å². The van der Waals surface area contributed by atoms with Crippen LogP contribution in [0.4, 0.5) is 0 Å². The number of phenolic OH excluding ortho intramolecular Hbond substituents is 1. The standard InChI is InChI=1S/C47H47N3OS/c1-29-36-15-17-42-44(50-45(52-42)37-14-13-35(28-41(37)51)46(2,3)4)43(36)38-26-34(12-16-39(38)49-29)40-27-33(20-25-48-40)31-10-8-30(9-11-31)32-18-23-47(24-19-32)21-6-5-7-22-47/h8-17,20,25-28,32,51H,5-7,18-19,21-24H2,1-4H3. The molecule has 0 amide bonds. The van der Waals surface area contributed by atoms with Gasteiger partial charge in [0.25, 0.3) is 0 Å². The van der Waals surface area contributed by atoms with Gasteiger partial charge in [0.1, 0.15) is 10.8 Å². The maximum absolute atomic E-state index is 11.1. The van der Waals surface area contributed by atoms with Gasteiger partial charge in [-0.2, -0.15) is 0 Å². The Labute approximate surface area is 311 Å². The van der Waals surface area contributed by atoms with E-state index in [4.69, 9.17) is 15.0 Å². The zero-order valence-electron chi connectivity index (χ0n) is 30.8. The number of rotatable bonds is 4. The van der Waals surface area contributed by atoms with E-state index in [0.29, 0.717) is 11.3 Å². The lowest BCUT2D eigenvalue weighted by Gasteiger charge is -2.43. The van der Waals surface area contributed by atoms with Crippen molar-refractivity contribution in [1.29, 1.82) is 0 Å². The molecular formula is C47H47N3OS. The highest BCUT2D eigenvalue weighted by molar-refractivity contribution is 7.21. The Morgan fingerprint density at radius 1 is 0.731 bits per heavy atom. The number of aryl methyl sites for hydroxylation is 1. The van der Waals surface area contributed by atoms with E-state index in [1.807, 2.05) is 18.3 Å². The Morgan fingerprint density at radius 3 is 2.25 bits per heavy atom. The van der Waals surface area contributed by atoms with Crippen molar-refractivity contribution in [3.05, 3.63) is 108 Å². The highest BCUT2D eigenvalue weighted by Crippen LogP contribution is 2.51. The average Bonchev–Trinajstić information content (AvgIpc) is 3.60. The molecule has 262 valence electrons. The quantitative estimate of drug-likeness (QED) is 0.186. The minimum Gasteiger partial charge on any atom is -0.507 e. The number of pyridine rings is 2. The number of hydrogen-bond acceptors (Lipinski definition) is 5. The highest BCUT2D eigenvalue weighted by atomic mass is 32.1. The van der Waals surface area contributed by atoms with Crippen LogP contribution in [0.2, 0.25) is 0 Å². The number of aromatic nitrogens is 3. The molecule has 7 aromatic rings. The molecule has 1 spiro atoms. The molecule has 0 bridgehead atoms. The smallest absolute Gasteiger partial charge is 0.128 e. The first-order chi connectivity index (χ1) is 25.1. The molecule has 3 aromatic heterocycles. The molecular weight excluding hydrogens is 655 g/mol. The average molecular weight is 702 g/mol. The lowest BCUT2D eigenvalue weighted by Crippen LogP contribution is -2.29. The number of thiazole rings is 1. The van der Waals surface area contributed by atoms with Gasteiger partial charge >= 0.3 is 0 Å². The first-order valence-corrected chi connectivity index (χ1v) is 20.0. The summed E-state index contributed by atoms with van der Waals surface area (Å²) in [5.74, 6) is 0.960. The Bertz CT molecular complexity index is 2450. The Balaban J connectivity index is 1.05. The van der Waals surface area contributed by atoms with Gasteiger partial charge in [-0.1, -0.05) is 82.5 Å². The highest BCUT2D eigenvalue weighted by Gasteiger charge is 2.36. The Morgan fingerprint density at radius 2 is 1.50 bits per heavy atom. The van der Waals surface area contributed by atoms with Gasteiger partial charge in [0.15, 0.2) is 0 Å². The second-order valence-electron chi connectivity index (χ2n) is 16.7. The van der Waals surface area contributed by atoms with Crippen molar-refractivity contribution in [3.8, 4) is 38.7 Å². The molecule has 0 atom stereocenters. The van der Waals surface area contributed by atoms with Gasteiger partial charge in [0.05, 0.1) is 27.0 Å². The van der Waals surface area contributed by atoms with E-state index in [9.17, 15) is 5.11 Å². The van der Waals surface area contributed by atoms with Gasteiger partial charge in [0, 0.05) is 33.6 Å². The van der Waals surface area contributed by atoms with Gasteiger partial charge < -0.3 is 5.11 Å². The van der Waals surface area contributed by atoms with Gasteiger partial charge in [0.2, 0.25) is 0 Å². The number of aromatic hydroxyl groups is 1. The summed E-state index contributed by atoms with van der Waals surface area (Å²) in [5.41, 5.74) is 11.2. The molecule has 0 unspecified atom stereocenters. The van der Waals surface area contributed by atoms with Crippen LogP contribution in [-0.2, 0) is 5.41 Å². The Kier molecular flexibility index (Phi) is 8.19. The monoisotopic (exact) mass is 701 g/mol. The van der Waals surface area contributed by atoms with Crippen molar-refractivity contribution >= 4 is 43.2 Å². The van der Waals surface area contributed by atoms with Crippen molar-refractivity contribution < 1.29 is 5.11 Å². The van der Waals surface area contributed by atoms with E-state index in [1.165, 1.54) is 74.5 Å². The molecule has 9 rings (SSSR count). The van der Waals surface area contributed by atoms with Crippen molar-refractivity contribution in [2.24, 2.45) is 5.41 Å². The van der Waals surface area contributed by atoms with Crippen LogP contribution in [-0.4, -0.2) is 20.1 Å². The van der Waals surface area contributed by atoms with E-state index in [-0.39, 0.29) is 11.2 Å². The molecule has 3 heterocycles. The maximum atomic E-state index is 11.1. The van der Waals surface area contributed by atoms with Crippen LogP contribution in [0.1, 0.15) is 101 Å². The number of nitrogens with zero attached hydrogens (tertiary/aromatic N) is 3. The normalized spacial score (nSPS) is 16.7. The summed E-state index contributed by atoms with van der Waals surface area (Å²) in [4.78, 5) is 15.0.